The lowest BCUT2D eigenvalue weighted by Gasteiger charge is -2.19. The summed E-state index contributed by atoms with van der Waals surface area (Å²) in [5, 5.41) is 30.7. The van der Waals surface area contributed by atoms with Crippen LogP contribution < -0.4 is 0 Å². The molecule has 0 saturated carbocycles. The van der Waals surface area contributed by atoms with Crippen LogP contribution in [0.5, 0.6) is 17.2 Å². The van der Waals surface area contributed by atoms with Gasteiger partial charge in [-0.25, -0.2) is 9.97 Å². The van der Waals surface area contributed by atoms with Crippen LogP contribution in [0.3, 0.4) is 0 Å². The summed E-state index contributed by atoms with van der Waals surface area (Å²) in [4.78, 5) is 18.1. The SMILES string of the molecule is CC(C)(C)c1ccc(-c2c3nc(c(-c4ccc(O)cc4)c4ccc([nH]4)c(-c4ccc(O)cc4)c4nc(c(-c5ccc(O)cc5)c5ccc2[nH]5)C=C4)C=C3)cc1. The molecule has 55 heavy (non-hydrogen) atoms. The highest BCUT2D eigenvalue weighted by molar-refractivity contribution is 5.99. The summed E-state index contributed by atoms with van der Waals surface area (Å²) in [5.41, 5.74) is 15.0. The van der Waals surface area contributed by atoms with Crippen LogP contribution in [0.25, 0.3) is 90.9 Å². The maximum absolute atomic E-state index is 10.2. The number of aromatic hydroxyl groups is 3. The summed E-state index contributed by atoms with van der Waals surface area (Å²) in [6.07, 6.45) is 8.15. The molecule has 0 saturated heterocycles. The molecule has 0 unspecified atom stereocenters. The van der Waals surface area contributed by atoms with Crippen molar-refractivity contribution in [3.05, 3.63) is 150 Å². The number of phenols is 3. The molecule has 2 aliphatic heterocycles. The predicted molar refractivity (Wildman–Crippen MR) is 224 cm³/mol. The summed E-state index contributed by atoms with van der Waals surface area (Å²) in [6, 6.07) is 38.5. The van der Waals surface area contributed by atoms with Gasteiger partial charge in [-0.05, 0) is 118 Å². The first kappa shape index (κ1) is 33.7. The number of benzene rings is 4. The Bertz CT molecular complexity index is 2790. The zero-order valence-electron chi connectivity index (χ0n) is 30.6. The summed E-state index contributed by atoms with van der Waals surface area (Å²) in [7, 11) is 0. The monoisotopic (exact) mass is 718 g/mol. The molecule has 7 heteroatoms. The topological polar surface area (TPSA) is 118 Å². The number of nitrogens with zero attached hydrogens (tertiary/aromatic N) is 2. The molecule has 4 aromatic carbocycles. The van der Waals surface area contributed by atoms with Crippen molar-refractivity contribution in [1.82, 2.24) is 19.9 Å². The van der Waals surface area contributed by atoms with E-state index >= 15 is 0 Å². The van der Waals surface area contributed by atoms with Crippen LogP contribution in [0.15, 0.2) is 121 Å². The minimum atomic E-state index is -0.00314. The molecule has 0 atom stereocenters. The van der Waals surface area contributed by atoms with E-state index in [9.17, 15) is 15.3 Å². The number of rotatable bonds is 4. The smallest absolute Gasteiger partial charge is 0.115 e. The molecule has 268 valence electrons. The Labute approximate surface area is 318 Å². The van der Waals surface area contributed by atoms with E-state index in [-0.39, 0.29) is 22.7 Å². The quantitative estimate of drug-likeness (QED) is 0.124. The van der Waals surface area contributed by atoms with Gasteiger partial charge in [0.2, 0.25) is 0 Å². The summed E-state index contributed by atoms with van der Waals surface area (Å²) < 4.78 is 0. The number of fused-ring (bicyclic) bond motifs is 8. The number of hydrogen-bond donors (Lipinski definition) is 5. The highest BCUT2D eigenvalue weighted by Crippen LogP contribution is 2.39. The third-order valence-electron chi connectivity index (χ3n) is 10.3. The zero-order valence-corrected chi connectivity index (χ0v) is 30.6. The number of aromatic amines is 2. The van der Waals surface area contributed by atoms with Crippen molar-refractivity contribution < 1.29 is 15.3 Å². The molecular formula is C48H38N4O3. The third-order valence-corrected chi connectivity index (χ3v) is 10.3. The number of aromatic nitrogens is 4. The molecule has 2 aliphatic rings. The van der Waals surface area contributed by atoms with E-state index in [0.717, 1.165) is 89.4 Å². The molecular weight excluding hydrogens is 681 g/mol. The molecule has 5 N–H and O–H groups in total. The van der Waals surface area contributed by atoms with Crippen molar-refractivity contribution in [2.24, 2.45) is 0 Å². The Morgan fingerprint density at radius 3 is 0.873 bits per heavy atom. The van der Waals surface area contributed by atoms with Crippen LogP contribution in [0.4, 0.5) is 0 Å². The highest BCUT2D eigenvalue weighted by atomic mass is 16.3. The maximum Gasteiger partial charge on any atom is 0.115 e. The Kier molecular flexibility index (Phi) is 8.01. The van der Waals surface area contributed by atoms with E-state index in [4.69, 9.17) is 9.97 Å². The molecule has 0 fully saturated rings. The van der Waals surface area contributed by atoms with Gasteiger partial charge in [-0.15, -0.1) is 0 Å². The van der Waals surface area contributed by atoms with Gasteiger partial charge in [-0.2, -0.15) is 0 Å². The van der Waals surface area contributed by atoms with Gasteiger partial charge < -0.3 is 25.3 Å². The Hall–Kier alpha value is -7.12. The second-order valence-electron chi connectivity index (χ2n) is 15.0. The normalized spacial score (nSPS) is 12.3. The van der Waals surface area contributed by atoms with Crippen LogP contribution >= 0.6 is 0 Å². The summed E-state index contributed by atoms with van der Waals surface area (Å²) >= 11 is 0. The molecule has 3 aromatic heterocycles. The maximum atomic E-state index is 10.2. The van der Waals surface area contributed by atoms with Crippen molar-refractivity contribution in [2.45, 2.75) is 26.2 Å². The van der Waals surface area contributed by atoms with E-state index in [1.165, 1.54) is 5.56 Å². The molecule has 0 radical (unpaired) electrons. The number of nitrogens with one attached hydrogen (secondary N) is 2. The van der Waals surface area contributed by atoms with E-state index in [2.05, 4.69) is 79.3 Å². The van der Waals surface area contributed by atoms with Crippen molar-refractivity contribution in [1.29, 1.82) is 0 Å². The van der Waals surface area contributed by atoms with Crippen LogP contribution in [0.2, 0.25) is 0 Å². The number of hydrogen-bond acceptors (Lipinski definition) is 5. The van der Waals surface area contributed by atoms with Gasteiger partial charge in [-0.1, -0.05) is 81.4 Å². The number of phenolic OH excluding ortho intramolecular Hbond substituents is 3. The first-order chi connectivity index (χ1) is 26.6. The van der Waals surface area contributed by atoms with Gasteiger partial charge in [0, 0.05) is 44.3 Å². The lowest BCUT2D eigenvalue weighted by atomic mass is 9.86. The van der Waals surface area contributed by atoms with E-state index in [0.29, 0.717) is 0 Å². The minimum absolute atomic E-state index is 0.00314. The molecule has 8 bridgehead atoms. The average Bonchev–Trinajstić information content (AvgIpc) is 4.01. The van der Waals surface area contributed by atoms with E-state index in [1.807, 2.05) is 60.7 Å². The molecule has 9 rings (SSSR count). The van der Waals surface area contributed by atoms with Gasteiger partial charge in [0.25, 0.3) is 0 Å². The Morgan fingerprint density at radius 1 is 0.364 bits per heavy atom. The van der Waals surface area contributed by atoms with Crippen molar-refractivity contribution in [3.63, 3.8) is 0 Å². The molecule has 0 amide bonds. The average molecular weight is 719 g/mol. The van der Waals surface area contributed by atoms with Gasteiger partial charge in [0.1, 0.15) is 17.2 Å². The summed E-state index contributed by atoms with van der Waals surface area (Å²) in [6.45, 7) is 6.64. The van der Waals surface area contributed by atoms with Gasteiger partial charge in [0.05, 0.1) is 22.8 Å². The van der Waals surface area contributed by atoms with Crippen molar-refractivity contribution in [3.8, 4) is 61.8 Å². The fourth-order valence-corrected chi connectivity index (χ4v) is 7.44. The Morgan fingerprint density at radius 2 is 0.618 bits per heavy atom. The van der Waals surface area contributed by atoms with Crippen LogP contribution in [-0.4, -0.2) is 35.3 Å². The lowest BCUT2D eigenvalue weighted by Crippen LogP contribution is -2.10. The van der Waals surface area contributed by atoms with E-state index < -0.39 is 0 Å². The van der Waals surface area contributed by atoms with Crippen molar-refractivity contribution >= 4 is 46.4 Å². The van der Waals surface area contributed by atoms with Gasteiger partial charge in [0.15, 0.2) is 0 Å². The standard InChI is InChI=1S/C48H38N4O3/c1-48(2,3)32-12-4-28(5-13-32)44-36-20-22-38(49-36)45(29-6-14-33(53)15-7-29)40-24-26-42(51-40)47(31-10-18-35(55)19-11-31)43-27-25-41(52-43)46(39-23-21-37(44)50-39)30-8-16-34(54)17-9-30/h4-27,49,52-55H,1-3H3. The van der Waals surface area contributed by atoms with E-state index in [1.54, 1.807) is 36.4 Å². The van der Waals surface area contributed by atoms with Gasteiger partial charge >= 0.3 is 0 Å². The fraction of sp³-hybridized carbons (Fsp3) is 0.0833. The molecule has 5 heterocycles. The minimum Gasteiger partial charge on any atom is -0.508 e. The van der Waals surface area contributed by atoms with Gasteiger partial charge in [-0.3, -0.25) is 0 Å². The first-order valence-electron chi connectivity index (χ1n) is 18.2. The largest absolute Gasteiger partial charge is 0.508 e. The lowest BCUT2D eigenvalue weighted by molar-refractivity contribution is 0.475. The van der Waals surface area contributed by atoms with Crippen LogP contribution in [-0.2, 0) is 5.41 Å². The molecule has 0 aliphatic carbocycles. The highest BCUT2D eigenvalue weighted by Gasteiger charge is 2.20. The Balaban J connectivity index is 1.45. The van der Waals surface area contributed by atoms with Crippen molar-refractivity contribution in [2.75, 3.05) is 0 Å². The summed E-state index contributed by atoms with van der Waals surface area (Å²) in [5.74, 6) is 0.540. The third kappa shape index (κ3) is 6.25. The zero-order chi connectivity index (χ0) is 37.8. The fourth-order valence-electron chi connectivity index (χ4n) is 7.44. The molecule has 7 aromatic rings. The second-order valence-corrected chi connectivity index (χ2v) is 15.0. The van der Waals surface area contributed by atoms with Crippen LogP contribution in [0, 0.1) is 0 Å². The number of H-pyrrole nitrogens is 2. The predicted octanol–water partition coefficient (Wildman–Crippen LogP) is 11.7. The molecule has 0 spiro atoms. The first-order valence-corrected chi connectivity index (χ1v) is 18.2. The second kappa shape index (κ2) is 13.1. The molecule has 7 nitrogen and oxygen atoms in total. The van der Waals surface area contributed by atoms with Crippen LogP contribution in [0.1, 0.15) is 49.1 Å².